The van der Waals surface area contributed by atoms with Crippen molar-refractivity contribution in [3.8, 4) is 11.5 Å². The van der Waals surface area contributed by atoms with E-state index in [1.165, 1.54) is 18.2 Å². The van der Waals surface area contributed by atoms with Crippen LogP contribution in [0.25, 0.3) is 6.08 Å². The maximum Gasteiger partial charge on any atom is 0.251 e. The summed E-state index contributed by atoms with van der Waals surface area (Å²) in [7, 11) is 1.57. The molecule has 2 aromatic carbocycles. The Labute approximate surface area is 126 Å². The number of rotatable bonds is 2. The van der Waals surface area contributed by atoms with Crippen LogP contribution in [0.2, 0.25) is 0 Å². The van der Waals surface area contributed by atoms with Crippen molar-refractivity contribution in [1.29, 1.82) is 0 Å². The van der Waals surface area contributed by atoms with Gasteiger partial charge < -0.3 is 15.2 Å². The fourth-order valence-electron chi connectivity index (χ4n) is 2.20. The Kier molecular flexibility index (Phi) is 3.39. The van der Waals surface area contributed by atoms with E-state index in [4.69, 9.17) is 4.74 Å². The van der Waals surface area contributed by atoms with Gasteiger partial charge in [0, 0.05) is 18.7 Å². The van der Waals surface area contributed by atoms with Crippen molar-refractivity contribution in [3.63, 3.8) is 0 Å². The van der Waals surface area contributed by atoms with Crippen molar-refractivity contribution in [2.75, 3.05) is 7.05 Å². The maximum absolute atomic E-state index is 12.2. The van der Waals surface area contributed by atoms with Gasteiger partial charge in [-0.3, -0.25) is 9.59 Å². The van der Waals surface area contributed by atoms with Crippen molar-refractivity contribution in [2.24, 2.45) is 0 Å². The van der Waals surface area contributed by atoms with Gasteiger partial charge in [-0.2, -0.15) is 0 Å². The number of aromatic hydroxyl groups is 1. The van der Waals surface area contributed by atoms with E-state index in [-0.39, 0.29) is 23.2 Å². The van der Waals surface area contributed by atoms with Gasteiger partial charge >= 0.3 is 0 Å². The first-order valence-corrected chi connectivity index (χ1v) is 6.68. The topological polar surface area (TPSA) is 75.6 Å². The highest BCUT2D eigenvalue weighted by Gasteiger charge is 2.27. The summed E-state index contributed by atoms with van der Waals surface area (Å²) >= 11 is 0. The number of fused-ring (bicyclic) bond motifs is 1. The van der Waals surface area contributed by atoms with Crippen LogP contribution in [-0.2, 0) is 0 Å². The molecule has 1 aliphatic heterocycles. The normalized spacial score (nSPS) is 14.6. The van der Waals surface area contributed by atoms with E-state index < -0.39 is 0 Å². The summed E-state index contributed by atoms with van der Waals surface area (Å²) in [4.78, 5) is 23.7. The molecule has 5 heteroatoms. The second kappa shape index (κ2) is 5.37. The number of Topliss-reactive ketones (excluding diaryl/α,β-unsaturated/α-hetero) is 1. The fourth-order valence-corrected chi connectivity index (χ4v) is 2.20. The minimum absolute atomic E-state index is 0.0442. The zero-order valence-electron chi connectivity index (χ0n) is 11.8. The van der Waals surface area contributed by atoms with E-state index in [1.54, 1.807) is 37.4 Å². The van der Waals surface area contributed by atoms with Crippen LogP contribution >= 0.6 is 0 Å². The van der Waals surface area contributed by atoms with Crippen LogP contribution in [0.5, 0.6) is 11.5 Å². The molecular weight excluding hydrogens is 282 g/mol. The van der Waals surface area contributed by atoms with Crippen molar-refractivity contribution < 1.29 is 19.4 Å². The van der Waals surface area contributed by atoms with Crippen LogP contribution in [0.15, 0.2) is 48.2 Å². The third-order valence-electron chi connectivity index (χ3n) is 3.35. The van der Waals surface area contributed by atoms with Crippen LogP contribution in [-0.4, -0.2) is 23.8 Å². The molecule has 0 fully saturated rings. The Morgan fingerprint density at radius 1 is 1.18 bits per heavy atom. The average Bonchev–Trinajstić information content (AvgIpc) is 2.82. The monoisotopic (exact) mass is 295 g/mol. The van der Waals surface area contributed by atoms with E-state index in [1.807, 2.05) is 0 Å². The SMILES string of the molecule is CNC(=O)c1ccc(/C=C2\Oc3cc(O)ccc3C2=O)cc1. The number of nitrogens with one attached hydrogen (secondary N) is 1. The summed E-state index contributed by atoms with van der Waals surface area (Å²) in [6.07, 6.45) is 1.60. The summed E-state index contributed by atoms with van der Waals surface area (Å²) in [5, 5.41) is 12.0. The number of ketones is 1. The van der Waals surface area contributed by atoms with Crippen LogP contribution < -0.4 is 10.1 Å². The van der Waals surface area contributed by atoms with Crippen molar-refractivity contribution in [1.82, 2.24) is 5.32 Å². The van der Waals surface area contributed by atoms with E-state index in [9.17, 15) is 14.7 Å². The fraction of sp³-hybridized carbons (Fsp3) is 0.0588. The highest BCUT2D eigenvalue weighted by atomic mass is 16.5. The van der Waals surface area contributed by atoms with Gasteiger partial charge in [-0.15, -0.1) is 0 Å². The highest BCUT2D eigenvalue weighted by Crippen LogP contribution is 2.34. The minimum Gasteiger partial charge on any atom is -0.508 e. The van der Waals surface area contributed by atoms with E-state index in [2.05, 4.69) is 5.32 Å². The van der Waals surface area contributed by atoms with Gasteiger partial charge in [0.15, 0.2) is 5.76 Å². The molecule has 22 heavy (non-hydrogen) atoms. The molecule has 1 amide bonds. The predicted molar refractivity (Wildman–Crippen MR) is 80.9 cm³/mol. The number of allylic oxidation sites excluding steroid dienone is 1. The van der Waals surface area contributed by atoms with Gasteiger partial charge in [-0.1, -0.05) is 12.1 Å². The summed E-state index contributed by atoms with van der Waals surface area (Å²) in [6, 6.07) is 11.2. The molecule has 0 bridgehead atoms. The van der Waals surface area contributed by atoms with Crippen molar-refractivity contribution in [3.05, 3.63) is 64.9 Å². The summed E-state index contributed by atoms with van der Waals surface area (Å²) in [5.41, 5.74) is 1.70. The average molecular weight is 295 g/mol. The van der Waals surface area contributed by atoms with Gasteiger partial charge in [-0.25, -0.2) is 0 Å². The van der Waals surface area contributed by atoms with E-state index in [0.29, 0.717) is 16.9 Å². The summed E-state index contributed by atoms with van der Waals surface area (Å²) in [6.45, 7) is 0. The zero-order chi connectivity index (χ0) is 15.7. The quantitative estimate of drug-likeness (QED) is 0.834. The maximum atomic E-state index is 12.2. The number of amides is 1. The molecule has 2 N–H and O–H groups in total. The number of phenols is 1. The second-order valence-corrected chi connectivity index (χ2v) is 4.82. The Morgan fingerprint density at radius 3 is 2.59 bits per heavy atom. The van der Waals surface area contributed by atoms with Gasteiger partial charge in [0.05, 0.1) is 5.56 Å². The highest BCUT2D eigenvalue weighted by molar-refractivity contribution is 6.14. The lowest BCUT2D eigenvalue weighted by molar-refractivity contribution is 0.0962. The molecule has 0 aromatic heterocycles. The number of ether oxygens (including phenoxy) is 1. The molecule has 1 aliphatic rings. The second-order valence-electron chi connectivity index (χ2n) is 4.82. The Hall–Kier alpha value is -3.08. The Morgan fingerprint density at radius 2 is 1.91 bits per heavy atom. The molecule has 0 atom stereocenters. The van der Waals surface area contributed by atoms with Crippen molar-refractivity contribution >= 4 is 17.8 Å². The first-order chi connectivity index (χ1) is 10.6. The third kappa shape index (κ3) is 2.44. The number of benzene rings is 2. The molecule has 2 aromatic rings. The molecule has 110 valence electrons. The van der Waals surface area contributed by atoms with Crippen LogP contribution in [0.4, 0.5) is 0 Å². The Balaban J connectivity index is 1.88. The first-order valence-electron chi connectivity index (χ1n) is 6.68. The van der Waals surface area contributed by atoms with E-state index in [0.717, 1.165) is 5.56 Å². The lowest BCUT2D eigenvalue weighted by Gasteiger charge is -2.01. The molecule has 0 saturated carbocycles. The minimum atomic E-state index is -0.231. The van der Waals surface area contributed by atoms with Gasteiger partial charge in [-0.05, 0) is 35.9 Å². The van der Waals surface area contributed by atoms with Gasteiger partial charge in [0.1, 0.15) is 11.5 Å². The van der Waals surface area contributed by atoms with E-state index >= 15 is 0 Å². The molecule has 0 spiro atoms. The van der Waals surface area contributed by atoms with Crippen molar-refractivity contribution in [2.45, 2.75) is 0 Å². The standard InChI is InChI=1S/C17H13NO4/c1-18-17(21)11-4-2-10(3-5-11)8-15-16(20)13-7-6-12(19)9-14(13)22-15/h2-9,19H,1H3,(H,18,21)/b15-8-. The van der Waals surface area contributed by atoms with Gasteiger partial charge in [0.25, 0.3) is 5.91 Å². The van der Waals surface area contributed by atoms with Gasteiger partial charge in [0.2, 0.25) is 5.78 Å². The smallest absolute Gasteiger partial charge is 0.251 e. The van der Waals surface area contributed by atoms with Crippen LogP contribution in [0, 0.1) is 0 Å². The molecule has 1 heterocycles. The molecule has 3 rings (SSSR count). The lowest BCUT2D eigenvalue weighted by atomic mass is 10.1. The summed E-state index contributed by atoms with van der Waals surface area (Å²) < 4.78 is 5.48. The molecule has 0 aliphatic carbocycles. The Bertz CT molecular complexity index is 791. The number of hydrogen-bond donors (Lipinski definition) is 2. The predicted octanol–water partition coefficient (Wildman–Crippen LogP) is 2.37. The zero-order valence-corrected chi connectivity index (χ0v) is 11.8. The summed E-state index contributed by atoms with van der Waals surface area (Å²) in [5.74, 6) is 0.176. The molecular formula is C17H13NO4. The third-order valence-corrected chi connectivity index (χ3v) is 3.35. The number of carbonyl (C=O) groups is 2. The first kappa shape index (κ1) is 13.9. The molecule has 0 saturated heterocycles. The molecule has 0 unspecified atom stereocenters. The van der Waals surface area contributed by atoms with Crippen LogP contribution in [0.1, 0.15) is 26.3 Å². The number of phenolic OH excluding ortho intramolecular Hbond substituents is 1. The molecule has 5 nitrogen and oxygen atoms in total. The van der Waals surface area contributed by atoms with Crippen LogP contribution in [0.3, 0.4) is 0 Å². The largest absolute Gasteiger partial charge is 0.508 e. The number of carbonyl (C=O) groups excluding carboxylic acids is 2. The number of hydrogen-bond acceptors (Lipinski definition) is 4. The lowest BCUT2D eigenvalue weighted by Crippen LogP contribution is -2.17. The molecule has 0 radical (unpaired) electrons.